The van der Waals surface area contributed by atoms with Crippen LogP contribution in [0.4, 0.5) is 17.1 Å². The third-order valence-electron chi connectivity index (χ3n) is 12.8. The highest BCUT2D eigenvalue weighted by molar-refractivity contribution is 6.32. The summed E-state index contributed by atoms with van der Waals surface area (Å²) in [6.45, 7) is 6.42. The van der Waals surface area contributed by atoms with Gasteiger partial charge in [-0.3, -0.25) is 39.1 Å². The second-order valence-electron chi connectivity index (χ2n) is 16.3. The van der Waals surface area contributed by atoms with Crippen molar-refractivity contribution < 1.29 is 24.0 Å². The minimum absolute atomic E-state index is 0.0304. The van der Waals surface area contributed by atoms with Gasteiger partial charge in [-0.2, -0.15) is 5.26 Å². The van der Waals surface area contributed by atoms with E-state index < -0.39 is 23.8 Å². The molecule has 4 fully saturated rings. The van der Waals surface area contributed by atoms with Gasteiger partial charge in [0.05, 0.1) is 21.7 Å². The third kappa shape index (κ3) is 8.13. The summed E-state index contributed by atoms with van der Waals surface area (Å²) in [6.07, 6.45) is 6.17. The minimum atomic E-state index is -0.969. The zero-order valence-corrected chi connectivity index (χ0v) is 33.5. The van der Waals surface area contributed by atoms with E-state index in [1.165, 1.54) is 0 Å². The van der Waals surface area contributed by atoms with Crippen molar-refractivity contribution in [1.82, 2.24) is 20.4 Å². The number of anilines is 3. The van der Waals surface area contributed by atoms with Crippen LogP contribution in [0.5, 0.6) is 0 Å². The number of hydrogen-bond donors (Lipinski definition) is 2. The summed E-state index contributed by atoms with van der Waals surface area (Å²) >= 11 is 6.27. The van der Waals surface area contributed by atoms with Gasteiger partial charge in [0.1, 0.15) is 12.1 Å². The molecule has 14 heteroatoms. The smallest absolute Gasteiger partial charge is 0.262 e. The normalized spacial score (nSPS) is 23.1. The fourth-order valence-electron chi connectivity index (χ4n) is 9.31. The van der Waals surface area contributed by atoms with Crippen molar-refractivity contribution in [2.24, 2.45) is 5.92 Å². The Morgan fingerprint density at radius 1 is 0.810 bits per heavy atom. The average molecular weight is 805 g/mol. The molecule has 1 aliphatic carbocycles. The Morgan fingerprint density at radius 3 is 2.16 bits per heavy atom. The number of carbonyl (C=O) groups is 5. The number of nitrogens with one attached hydrogen (secondary N) is 2. The van der Waals surface area contributed by atoms with Crippen LogP contribution in [0.15, 0.2) is 60.7 Å². The van der Waals surface area contributed by atoms with E-state index >= 15 is 0 Å². The van der Waals surface area contributed by atoms with Crippen LogP contribution >= 0.6 is 11.6 Å². The standard InChI is InChI=1S/C44H49ClN8O5/c1-49(34-9-4-30(26-46)38(45)25-34)32-10-5-31(6-11-32)47-41(55)29-2-7-33(8-3-29)51-18-16-28(17-19-51)27-50-20-22-52(23-21-50)35-12-13-36-37(24-35)44(58)53(43(36)57)39-14-15-40(54)48-42(39)56/h2-4,7-9,12-13,24-25,28,31-32,39H,5-6,10-11,14-23,27H2,1H3,(H,47,55)(H,48,54,56). The maximum atomic E-state index is 13.3. The number of halogens is 1. The average Bonchev–Trinajstić information content (AvgIpc) is 3.49. The predicted molar refractivity (Wildman–Crippen MR) is 221 cm³/mol. The van der Waals surface area contributed by atoms with E-state index in [-0.39, 0.29) is 30.7 Å². The van der Waals surface area contributed by atoms with Gasteiger partial charge in [-0.1, -0.05) is 11.6 Å². The van der Waals surface area contributed by atoms with Gasteiger partial charge in [-0.25, -0.2) is 0 Å². The summed E-state index contributed by atoms with van der Waals surface area (Å²) in [5, 5.41) is 15.2. The molecule has 13 nitrogen and oxygen atoms in total. The number of rotatable bonds is 9. The lowest BCUT2D eigenvalue weighted by molar-refractivity contribution is -0.136. The molecule has 2 N–H and O–H groups in total. The van der Waals surface area contributed by atoms with E-state index in [1.807, 2.05) is 30.3 Å². The molecule has 3 aromatic carbocycles. The van der Waals surface area contributed by atoms with Crippen molar-refractivity contribution in [2.45, 2.75) is 69.5 Å². The Labute approximate surface area is 343 Å². The van der Waals surface area contributed by atoms with Gasteiger partial charge in [-0.05, 0) is 112 Å². The molecule has 0 bridgehead atoms. The lowest BCUT2D eigenvalue weighted by Gasteiger charge is -2.40. The first kappa shape index (κ1) is 39.4. The number of benzene rings is 3. The summed E-state index contributed by atoms with van der Waals surface area (Å²) in [7, 11) is 2.06. The van der Waals surface area contributed by atoms with Crippen molar-refractivity contribution in [3.8, 4) is 6.07 Å². The van der Waals surface area contributed by atoms with Gasteiger partial charge in [-0.15, -0.1) is 0 Å². The molecule has 58 heavy (non-hydrogen) atoms. The van der Waals surface area contributed by atoms with Gasteiger partial charge >= 0.3 is 0 Å². The van der Waals surface area contributed by atoms with Crippen molar-refractivity contribution in [1.29, 1.82) is 5.26 Å². The van der Waals surface area contributed by atoms with Crippen molar-refractivity contribution in [2.75, 3.05) is 67.6 Å². The number of nitrogens with zero attached hydrogens (tertiary/aromatic N) is 6. The SMILES string of the molecule is CN(c1ccc(C#N)c(Cl)c1)C1CCC(NC(=O)c2ccc(N3CCC(CN4CCN(c5ccc6c(c5)C(=O)N(C5CCC(=O)NC5=O)C6=O)CC4)CC3)cc2)CC1. The maximum absolute atomic E-state index is 13.3. The second-order valence-corrected chi connectivity index (χ2v) is 16.7. The number of hydrogen-bond acceptors (Lipinski definition) is 10. The molecule has 1 unspecified atom stereocenters. The highest BCUT2D eigenvalue weighted by Gasteiger charge is 2.45. The molecule has 4 heterocycles. The molecule has 8 rings (SSSR count). The second kappa shape index (κ2) is 16.8. The first-order valence-corrected chi connectivity index (χ1v) is 20.9. The summed E-state index contributed by atoms with van der Waals surface area (Å²) in [5.41, 5.74) is 4.79. The molecule has 0 aromatic heterocycles. The van der Waals surface area contributed by atoms with E-state index in [4.69, 9.17) is 11.6 Å². The molecule has 5 aliphatic rings. The summed E-state index contributed by atoms with van der Waals surface area (Å²) in [5.74, 6) is -1.39. The molecule has 4 aliphatic heterocycles. The van der Waals surface area contributed by atoms with E-state index in [0.29, 0.717) is 39.2 Å². The Hall–Kier alpha value is -5.45. The van der Waals surface area contributed by atoms with Crippen LogP contribution in [0.3, 0.4) is 0 Å². The lowest BCUT2D eigenvalue weighted by Crippen LogP contribution is -2.54. The fourth-order valence-corrected chi connectivity index (χ4v) is 9.52. The molecule has 3 aromatic rings. The monoisotopic (exact) mass is 804 g/mol. The van der Waals surface area contributed by atoms with Crippen LogP contribution in [0.25, 0.3) is 0 Å². The molecule has 302 valence electrons. The van der Waals surface area contributed by atoms with Crippen LogP contribution in [0, 0.1) is 17.2 Å². The number of nitriles is 1. The molecule has 3 saturated heterocycles. The van der Waals surface area contributed by atoms with Gasteiger partial charge in [0.25, 0.3) is 17.7 Å². The van der Waals surface area contributed by atoms with Crippen LogP contribution in [0.2, 0.25) is 5.02 Å². The molecule has 0 spiro atoms. The van der Waals surface area contributed by atoms with Gasteiger partial charge in [0.15, 0.2) is 0 Å². The quantitative estimate of drug-likeness (QED) is 0.288. The minimum Gasteiger partial charge on any atom is -0.372 e. The Morgan fingerprint density at radius 2 is 1.48 bits per heavy atom. The van der Waals surface area contributed by atoms with Gasteiger partial charge in [0.2, 0.25) is 11.8 Å². The summed E-state index contributed by atoms with van der Waals surface area (Å²) in [6, 6.07) is 20.5. The third-order valence-corrected chi connectivity index (χ3v) is 13.2. The Bertz CT molecular complexity index is 2130. The van der Waals surface area contributed by atoms with Gasteiger partial charge < -0.3 is 20.0 Å². The molecular formula is C44H49ClN8O5. The topological polar surface area (TPSA) is 149 Å². The largest absolute Gasteiger partial charge is 0.372 e. The first-order valence-electron chi connectivity index (χ1n) is 20.5. The van der Waals surface area contributed by atoms with E-state index in [9.17, 15) is 29.2 Å². The number of imide groups is 2. The van der Waals surface area contributed by atoms with Gasteiger partial charge in [0, 0.05) is 94.0 Å². The van der Waals surface area contributed by atoms with Crippen molar-refractivity contribution in [3.05, 3.63) is 87.9 Å². The number of carbonyl (C=O) groups excluding carboxylic acids is 5. The van der Waals surface area contributed by atoms with Crippen LogP contribution in [-0.4, -0.2) is 110 Å². The fraction of sp³-hybridized carbons (Fsp3) is 0.455. The Kier molecular flexibility index (Phi) is 11.4. The number of piperazine rings is 1. The first-order chi connectivity index (χ1) is 28.1. The van der Waals surface area contributed by atoms with E-state index in [2.05, 4.69) is 55.5 Å². The number of piperidine rings is 2. The zero-order chi connectivity index (χ0) is 40.5. The summed E-state index contributed by atoms with van der Waals surface area (Å²) < 4.78 is 0. The van der Waals surface area contributed by atoms with Crippen molar-refractivity contribution >= 4 is 58.2 Å². The van der Waals surface area contributed by atoms with Crippen LogP contribution in [0.1, 0.15) is 88.0 Å². The number of fused-ring (bicyclic) bond motifs is 1. The van der Waals surface area contributed by atoms with Crippen LogP contribution < -0.4 is 25.3 Å². The molecule has 1 atom stereocenters. The molecule has 1 saturated carbocycles. The highest BCUT2D eigenvalue weighted by atomic mass is 35.5. The predicted octanol–water partition coefficient (Wildman–Crippen LogP) is 4.83. The summed E-state index contributed by atoms with van der Waals surface area (Å²) in [4.78, 5) is 74.1. The Balaban J connectivity index is 0.757. The number of amides is 5. The van der Waals surface area contributed by atoms with Crippen LogP contribution in [-0.2, 0) is 9.59 Å². The van der Waals surface area contributed by atoms with E-state index in [1.54, 1.807) is 18.2 Å². The van der Waals surface area contributed by atoms with E-state index in [0.717, 1.165) is 106 Å². The molecule has 5 amide bonds. The molecule has 0 radical (unpaired) electrons. The highest BCUT2D eigenvalue weighted by Crippen LogP contribution is 2.33. The zero-order valence-electron chi connectivity index (χ0n) is 32.8. The molecular weight excluding hydrogens is 756 g/mol. The lowest BCUT2D eigenvalue weighted by atomic mass is 9.90. The maximum Gasteiger partial charge on any atom is 0.262 e. The van der Waals surface area contributed by atoms with Crippen molar-refractivity contribution in [3.63, 3.8) is 0 Å².